The van der Waals surface area contributed by atoms with Crippen LogP contribution in [0.2, 0.25) is 0 Å². The average Bonchev–Trinajstić information content (AvgIpc) is 3.17. The Kier molecular flexibility index (Phi) is 3.11. The van der Waals surface area contributed by atoms with Crippen LogP contribution in [-0.4, -0.2) is 26.5 Å². The number of nitrogens with two attached hydrogens (primary N) is 1. The molecule has 2 aromatic heterocycles. The van der Waals surface area contributed by atoms with Crippen LogP contribution in [0.4, 0.5) is 5.82 Å². The second-order valence-electron chi connectivity index (χ2n) is 5.89. The molecule has 1 saturated carbocycles. The molecule has 6 nitrogen and oxygen atoms in total. The molecule has 3 N–H and O–H groups in total. The van der Waals surface area contributed by atoms with Gasteiger partial charge in [-0.15, -0.1) is 0 Å². The van der Waals surface area contributed by atoms with Crippen molar-refractivity contribution in [3.8, 4) is 0 Å². The van der Waals surface area contributed by atoms with Crippen molar-refractivity contribution >= 4 is 22.8 Å². The Morgan fingerprint density at radius 3 is 2.62 bits per heavy atom. The highest BCUT2D eigenvalue weighted by Crippen LogP contribution is 2.31. The molecule has 21 heavy (non-hydrogen) atoms. The van der Waals surface area contributed by atoms with Crippen molar-refractivity contribution in [2.24, 2.45) is 0 Å². The van der Waals surface area contributed by atoms with Crippen LogP contribution in [0.15, 0.2) is 0 Å². The summed E-state index contributed by atoms with van der Waals surface area (Å²) < 4.78 is 1.97. The lowest BCUT2D eigenvalue weighted by Gasteiger charge is -2.17. The Bertz CT molecular complexity index is 729. The first-order valence-corrected chi connectivity index (χ1v) is 7.31. The summed E-state index contributed by atoms with van der Waals surface area (Å²) in [5.41, 5.74) is 8.83. The quantitative estimate of drug-likeness (QED) is 0.901. The Morgan fingerprint density at radius 2 is 2.00 bits per heavy atom. The van der Waals surface area contributed by atoms with Crippen LogP contribution < -0.4 is 11.1 Å². The number of nitrogen functional groups attached to an aromatic ring is 1. The van der Waals surface area contributed by atoms with Gasteiger partial charge in [-0.2, -0.15) is 0 Å². The Hall–Kier alpha value is -2.11. The average molecular weight is 287 g/mol. The van der Waals surface area contributed by atoms with Crippen molar-refractivity contribution in [3.63, 3.8) is 0 Å². The zero-order valence-corrected chi connectivity index (χ0v) is 12.9. The van der Waals surface area contributed by atoms with E-state index in [0.717, 1.165) is 35.1 Å². The zero-order chi connectivity index (χ0) is 15.3. The maximum atomic E-state index is 12.4. The third kappa shape index (κ3) is 2.24. The lowest BCUT2D eigenvalue weighted by atomic mass is 10.2. The van der Waals surface area contributed by atoms with Crippen molar-refractivity contribution in [2.75, 3.05) is 5.73 Å². The molecule has 0 bridgehead atoms. The molecule has 0 aliphatic heterocycles. The van der Waals surface area contributed by atoms with E-state index in [-0.39, 0.29) is 11.9 Å². The summed E-state index contributed by atoms with van der Waals surface area (Å²) in [6.07, 6.45) is 2.16. The standard InChI is InChI=1S/C15H21N5O/c1-7-8(2)20(9(3)15(21)19-11-5-6-11)14-12(7)13(16)17-10(4)18-14/h9,11H,5-6H2,1-4H3,(H,19,21)(H2,16,17,18). The maximum absolute atomic E-state index is 12.4. The van der Waals surface area contributed by atoms with Gasteiger partial charge in [0.2, 0.25) is 5.91 Å². The Morgan fingerprint density at radius 1 is 1.33 bits per heavy atom. The van der Waals surface area contributed by atoms with Crippen molar-refractivity contribution in [2.45, 2.75) is 52.6 Å². The number of nitrogens with one attached hydrogen (secondary N) is 1. The lowest BCUT2D eigenvalue weighted by Crippen LogP contribution is -2.33. The fraction of sp³-hybridized carbons (Fsp3) is 0.533. The third-order valence-corrected chi connectivity index (χ3v) is 4.23. The second-order valence-corrected chi connectivity index (χ2v) is 5.89. The van der Waals surface area contributed by atoms with Crippen LogP contribution in [0.5, 0.6) is 0 Å². The van der Waals surface area contributed by atoms with E-state index >= 15 is 0 Å². The van der Waals surface area contributed by atoms with Crippen LogP contribution in [0, 0.1) is 20.8 Å². The highest BCUT2D eigenvalue weighted by Gasteiger charge is 2.28. The molecular formula is C15H21N5O. The smallest absolute Gasteiger partial charge is 0.243 e. The molecule has 0 aromatic carbocycles. The lowest BCUT2D eigenvalue weighted by molar-refractivity contribution is -0.123. The summed E-state index contributed by atoms with van der Waals surface area (Å²) in [7, 11) is 0. The predicted molar refractivity (Wildman–Crippen MR) is 82.0 cm³/mol. The van der Waals surface area contributed by atoms with Gasteiger partial charge < -0.3 is 15.6 Å². The summed E-state index contributed by atoms with van der Waals surface area (Å²) in [5.74, 6) is 1.13. The highest BCUT2D eigenvalue weighted by molar-refractivity contribution is 5.93. The minimum Gasteiger partial charge on any atom is -0.383 e. The molecule has 2 aromatic rings. The summed E-state index contributed by atoms with van der Waals surface area (Å²) in [6.45, 7) is 7.70. The Balaban J connectivity index is 2.12. The number of nitrogens with zero attached hydrogens (tertiary/aromatic N) is 3. The van der Waals surface area contributed by atoms with E-state index in [1.54, 1.807) is 0 Å². The molecule has 6 heteroatoms. The topological polar surface area (TPSA) is 85.8 Å². The number of aryl methyl sites for hydroxylation is 2. The molecule has 0 radical (unpaired) electrons. The number of carbonyl (C=O) groups excluding carboxylic acids is 1. The van der Waals surface area contributed by atoms with Crippen LogP contribution in [0.25, 0.3) is 11.0 Å². The van der Waals surface area contributed by atoms with E-state index in [1.165, 1.54) is 0 Å². The van der Waals surface area contributed by atoms with Crippen LogP contribution in [0.1, 0.15) is 42.9 Å². The van der Waals surface area contributed by atoms with Crippen molar-refractivity contribution in [3.05, 3.63) is 17.1 Å². The molecule has 112 valence electrons. The van der Waals surface area contributed by atoms with E-state index < -0.39 is 0 Å². The summed E-state index contributed by atoms with van der Waals surface area (Å²) in [4.78, 5) is 21.1. The van der Waals surface area contributed by atoms with Gasteiger partial charge in [0.25, 0.3) is 0 Å². The van der Waals surface area contributed by atoms with Crippen LogP contribution in [0.3, 0.4) is 0 Å². The van der Waals surface area contributed by atoms with Gasteiger partial charge in [-0.3, -0.25) is 4.79 Å². The number of aromatic nitrogens is 3. The summed E-state index contributed by atoms with van der Waals surface area (Å²) in [5, 5.41) is 3.90. The fourth-order valence-corrected chi connectivity index (χ4v) is 2.77. The molecule has 1 aliphatic rings. The predicted octanol–water partition coefficient (Wildman–Crippen LogP) is 1.78. The SMILES string of the molecule is Cc1nc(N)c2c(C)c(C)n(C(C)C(=O)NC3CC3)c2n1. The highest BCUT2D eigenvalue weighted by atomic mass is 16.2. The number of amides is 1. The Labute approximate surface area is 123 Å². The normalized spacial score (nSPS) is 16.2. The van der Waals surface area contributed by atoms with E-state index in [9.17, 15) is 4.79 Å². The molecular weight excluding hydrogens is 266 g/mol. The number of hydrogen-bond donors (Lipinski definition) is 2. The number of rotatable bonds is 3. The van der Waals surface area contributed by atoms with Gasteiger partial charge in [0.1, 0.15) is 23.3 Å². The van der Waals surface area contributed by atoms with Crippen LogP contribution >= 0.6 is 0 Å². The van der Waals surface area contributed by atoms with Gasteiger partial charge in [0.05, 0.1) is 5.39 Å². The summed E-state index contributed by atoms with van der Waals surface area (Å²) >= 11 is 0. The fourth-order valence-electron chi connectivity index (χ4n) is 2.77. The minimum atomic E-state index is -0.310. The molecule has 1 amide bonds. The minimum absolute atomic E-state index is 0.0346. The number of anilines is 1. The van der Waals surface area contributed by atoms with Gasteiger partial charge in [-0.1, -0.05) is 0 Å². The molecule has 1 fully saturated rings. The van der Waals surface area contributed by atoms with E-state index in [1.807, 2.05) is 32.3 Å². The molecule has 3 rings (SSSR count). The third-order valence-electron chi connectivity index (χ3n) is 4.23. The number of carbonyl (C=O) groups is 1. The first kappa shape index (κ1) is 13.9. The first-order chi connectivity index (χ1) is 9.90. The maximum Gasteiger partial charge on any atom is 0.243 e. The van der Waals surface area contributed by atoms with E-state index in [2.05, 4.69) is 15.3 Å². The second kappa shape index (κ2) is 4.72. The number of fused-ring (bicyclic) bond motifs is 1. The van der Waals surface area contributed by atoms with Gasteiger partial charge in [0, 0.05) is 11.7 Å². The summed E-state index contributed by atoms with van der Waals surface area (Å²) in [6, 6.07) is 0.0418. The molecule has 0 spiro atoms. The molecule has 1 aliphatic carbocycles. The largest absolute Gasteiger partial charge is 0.383 e. The monoisotopic (exact) mass is 287 g/mol. The molecule has 0 saturated heterocycles. The zero-order valence-electron chi connectivity index (χ0n) is 12.9. The van der Waals surface area contributed by atoms with Gasteiger partial charge >= 0.3 is 0 Å². The first-order valence-electron chi connectivity index (χ1n) is 7.31. The van der Waals surface area contributed by atoms with E-state index in [0.29, 0.717) is 17.7 Å². The molecule has 1 atom stereocenters. The number of hydrogen-bond acceptors (Lipinski definition) is 4. The van der Waals surface area contributed by atoms with Gasteiger partial charge in [-0.05, 0) is 46.1 Å². The van der Waals surface area contributed by atoms with Crippen molar-refractivity contribution in [1.29, 1.82) is 0 Å². The van der Waals surface area contributed by atoms with Crippen molar-refractivity contribution < 1.29 is 4.79 Å². The van der Waals surface area contributed by atoms with Gasteiger partial charge in [-0.25, -0.2) is 9.97 Å². The van der Waals surface area contributed by atoms with Gasteiger partial charge in [0.15, 0.2) is 0 Å². The molecule has 1 unspecified atom stereocenters. The van der Waals surface area contributed by atoms with E-state index in [4.69, 9.17) is 5.73 Å². The van der Waals surface area contributed by atoms with Crippen LogP contribution in [-0.2, 0) is 4.79 Å². The molecule has 2 heterocycles. The van der Waals surface area contributed by atoms with Crippen molar-refractivity contribution in [1.82, 2.24) is 19.9 Å².